The maximum Gasteiger partial charge on any atom is 0.293 e. The molecule has 2 N–H and O–H groups in total. The topological polar surface area (TPSA) is 75.4 Å². The van der Waals surface area contributed by atoms with Crippen LogP contribution in [0.25, 0.3) is 0 Å². The molecule has 0 aliphatic rings. The van der Waals surface area contributed by atoms with E-state index in [1.807, 2.05) is 0 Å². The Morgan fingerprint density at radius 2 is 2.17 bits per heavy atom. The molecule has 1 aromatic carbocycles. The summed E-state index contributed by atoms with van der Waals surface area (Å²) in [5.41, 5.74) is -0.102. The van der Waals surface area contributed by atoms with Gasteiger partial charge in [0, 0.05) is 18.2 Å². The van der Waals surface area contributed by atoms with Gasteiger partial charge in [-0.15, -0.1) is 0 Å². The molecule has 5 nitrogen and oxygen atoms in total. The molecule has 0 bridgehead atoms. The van der Waals surface area contributed by atoms with Crippen LogP contribution in [-0.2, 0) is 0 Å². The van der Waals surface area contributed by atoms with E-state index < -0.39 is 16.8 Å². The molecule has 0 saturated carbocycles. The lowest BCUT2D eigenvalue weighted by atomic mass is 10.1. The van der Waals surface area contributed by atoms with Gasteiger partial charge in [0.15, 0.2) is 0 Å². The molecule has 0 spiro atoms. The van der Waals surface area contributed by atoms with Crippen LogP contribution in [0.1, 0.15) is 20.3 Å². The van der Waals surface area contributed by atoms with Crippen LogP contribution in [0.3, 0.4) is 0 Å². The molecule has 1 aromatic rings. The number of nitrogens with zero attached hydrogens (tertiary/aromatic N) is 1. The molecule has 2 atom stereocenters. The summed E-state index contributed by atoms with van der Waals surface area (Å²) in [6.45, 7) is 3.38. The zero-order valence-corrected chi connectivity index (χ0v) is 11.6. The summed E-state index contributed by atoms with van der Waals surface area (Å²) in [5.74, 6) is -0.577. The van der Waals surface area contributed by atoms with Gasteiger partial charge in [-0.2, -0.15) is 0 Å². The Bertz CT molecular complexity index is 454. The van der Waals surface area contributed by atoms with Crippen molar-refractivity contribution in [3.05, 3.63) is 32.5 Å². The molecule has 0 aliphatic heterocycles. The number of anilines is 1. The lowest BCUT2D eigenvalue weighted by Crippen LogP contribution is -2.21. The van der Waals surface area contributed by atoms with Gasteiger partial charge in [0.05, 0.1) is 15.5 Å². The van der Waals surface area contributed by atoms with Crippen molar-refractivity contribution in [1.29, 1.82) is 0 Å². The first-order valence-corrected chi connectivity index (χ1v) is 6.18. The van der Waals surface area contributed by atoms with Crippen LogP contribution < -0.4 is 5.32 Å². The van der Waals surface area contributed by atoms with Crippen LogP contribution in [0.15, 0.2) is 16.6 Å². The highest BCUT2D eigenvalue weighted by atomic mass is 79.9. The predicted octanol–water partition coefficient (Wildman–Crippen LogP) is 3.07. The minimum absolute atomic E-state index is 0.0444. The molecular weight excluding hydrogens is 307 g/mol. The van der Waals surface area contributed by atoms with Gasteiger partial charge in [0.2, 0.25) is 0 Å². The number of nitro benzene ring substituents is 1. The van der Waals surface area contributed by atoms with Gasteiger partial charge in [-0.1, -0.05) is 0 Å². The third-order valence-corrected chi connectivity index (χ3v) is 2.94. The van der Waals surface area contributed by atoms with Crippen molar-refractivity contribution in [2.24, 2.45) is 0 Å². The van der Waals surface area contributed by atoms with E-state index in [0.29, 0.717) is 6.42 Å². The Balaban J connectivity index is 3.00. The second-order valence-electron chi connectivity index (χ2n) is 4.17. The smallest absolute Gasteiger partial charge is 0.293 e. The molecule has 7 heteroatoms. The van der Waals surface area contributed by atoms with Gasteiger partial charge in [0.25, 0.3) is 5.69 Å². The van der Waals surface area contributed by atoms with Crippen LogP contribution >= 0.6 is 15.9 Å². The third-order valence-electron chi connectivity index (χ3n) is 2.33. The summed E-state index contributed by atoms with van der Waals surface area (Å²) < 4.78 is 13.4. The van der Waals surface area contributed by atoms with Crippen molar-refractivity contribution in [3.63, 3.8) is 0 Å². The summed E-state index contributed by atoms with van der Waals surface area (Å²) >= 11 is 2.91. The fourth-order valence-electron chi connectivity index (χ4n) is 1.64. The first-order valence-electron chi connectivity index (χ1n) is 5.39. The fourth-order valence-corrected chi connectivity index (χ4v) is 1.97. The number of benzene rings is 1. The van der Waals surface area contributed by atoms with Crippen molar-refractivity contribution >= 4 is 27.3 Å². The fraction of sp³-hybridized carbons (Fsp3) is 0.455. The molecule has 0 amide bonds. The molecule has 100 valence electrons. The number of halogens is 2. The van der Waals surface area contributed by atoms with Crippen LogP contribution in [0.2, 0.25) is 0 Å². The first-order chi connectivity index (χ1) is 8.31. The molecule has 2 unspecified atom stereocenters. The van der Waals surface area contributed by atoms with Crippen molar-refractivity contribution in [2.75, 3.05) is 5.32 Å². The van der Waals surface area contributed by atoms with Crippen molar-refractivity contribution in [1.82, 2.24) is 0 Å². The van der Waals surface area contributed by atoms with Crippen molar-refractivity contribution < 1.29 is 14.4 Å². The number of nitrogens with one attached hydrogen (secondary N) is 1. The number of rotatable bonds is 5. The molecule has 0 saturated heterocycles. The Morgan fingerprint density at radius 1 is 1.56 bits per heavy atom. The summed E-state index contributed by atoms with van der Waals surface area (Å²) in [4.78, 5) is 10.3. The van der Waals surface area contributed by atoms with Crippen LogP contribution in [0.4, 0.5) is 15.8 Å². The molecule has 0 radical (unpaired) electrons. The van der Waals surface area contributed by atoms with E-state index in [4.69, 9.17) is 0 Å². The van der Waals surface area contributed by atoms with Gasteiger partial charge in [-0.05, 0) is 36.2 Å². The minimum atomic E-state index is -0.582. The van der Waals surface area contributed by atoms with Gasteiger partial charge in [0.1, 0.15) is 11.5 Å². The second kappa shape index (κ2) is 6.10. The number of aliphatic hydroxyl groups is 1. The van der Waals surface area contributed by atoms with Crippen molar-refractivity contribution in [2.45, 2.75) is 32.4 Å². The van der Waals surface area contributed by atoms with Gasteiger partial charge >= 0.3 is 0 Å². The average Bonchev–Trinajstić information content (AvgIpc) is 2.21. The Labute approximate surface area is 112 Å². The monoisotopic (exact) mass is 320 g/mol. The third kappa shape index (κ3) is 3.92. The van der Waals surface area contributed by atoms with E-state index in [-0.39, 0.29) is 21.9 Å². The molecule has 0 aromatic heterocycles. The van der Waals surface area contributed by atoms with E-state index in [1.165, 1.54) is 0 Å². The van der Waals surface area contributed by atoms with E-state index in [2.05, 4.69) is 21.2 Å². The maximum atomic E-state index is 13.4. The molecule has 1 rings (SSSR count). The summed E-state index contributed by atoms with van der Waals surface area (Å²) in [6, 6.07) is 1.98. The van der Waals surface area contributed by atoms with Gasteiger partial charge in [-0.3, -0.25) is 10.1 Å². The molecule has 0 fully saturated rings. The zero-order chi connectivity index (χ0) is 13.9. The van der Waals surface area contributed by atoms with E-state index in [1.54, 1.807) is 13.8 Å². The highest BCUT2D eigenvalue weighted by Crippen LogP contribution is 2.31. The lowest BCUT2D eigenvalue weighted by Gasteiger charge is -2.16. The van der Waals surface area contributed by atoms with E-state index in [9.17, 15) is 19.6 Å². The summed E-state index contributed by atoms with van der Waals surface area (Å²) in [7, 11) is 0. The average molecular weight is 321 g/mol. The maximum absolute atomic E-state index is 13.4. The number of hydrogen-bond acceptors (Lipinski definition) is 4. The lowest BCUT2D eigenvalue weighted by molar-refractivity contribution is -0.384. The van der Waals surface area contributed by atoms with Crippen LogP contribution in [0, 0.1) is 15.9 Å². The standard InChI is InChI=1S/C11H14BrFN2O3/c1-6(3-7(2)16)14-10-5-9(13)8(12)4-11(10)15(17)18/h4-7,14,16H,3H2,1-2H3. The number of nitro groups is 1. The van der Waals surface area contributed by atoms with E-state index >= 15 is 0 Å². The predicted molar refractivity (Wildman–Crippen MR) is 70.1 cm³/mol. The normalized spacial score (nSPS) is 14.1. The Hall–Kier alpha value is -1.21. The number of hydrogen-bond donors (Lipinski definition) is 2. The Kier molecular flexibility index (Phi) is 5.03. The first kappa shape index (κ1) is 14.8. The SMILES string of the molecule is CC(O)CC(C)Nc1cc(F)c(Br)cc1[N+](=O)[O-]. The van der Waals surface area contributed by atoms with Crippen LogP contribution in [0.5, 0.6) is 0 Å². The largest absolute Gasteiger partial charge is 0.393 e. The Morgan fingerprint density at radius 3 is 2.67 bits per heavy atom. The quantitative estimate of drug-likeness (QED) is 0.645. The highest BCUT2D eigenvalue weighted by Gasteiger charge is 2.19. The van der Waals surface area contributed by atoms with E-state index in [0.717, 1.165) is 12.1 Å². The molecule has 0 aliphatic carbocycles. The summed E-state index contributed by atoms with van der Waals surface area (Å²) in [6.07, 6.45) is -0.124. The minimum Gasteiger partial charge on any atom is -0.393 e. The highest BCUT2D eigenvalue weighted by molar-refractivity contribution is 9.10. The number of aliphatic hydroxyl groups excluding tert-OH is 1. The van der Waals surface area contributed by atoms with Crippen molar-refractivity contribution in [3.8, 4) is 0 Å². The molecule has 0 heterocycles. The van der Waals surface area contributed by atoms with Crippen LogP contribution in [-0.4, -0.2) is 22.2 Å². The summed E-state index contributed by atoms with van der Waals surface area (Å²) in [5, 5.41) is 22.9. The zero-order valence-electron chi connectivity index (χ0n) is 9.98. The molecule has 18 heavy (non-hydrogen) atoms. The van der Waals surface area contributed by atoms with Gasteiger partial charge in [-0.25, -0.2) is 4.39 Å². The van der Waals surface area contributed by atoms with Gasteiger partial charge < -0.3 is 10.4 Å². The molecular formula is C11H14BrFN2O3. The second-order valence-corrected chi connectivity index (χ2v) is 5.03.